The Balaban J connectivity index is 1.59. The molecule has 0 bridgehead atoms. The summed E-state index contributed by atoms with van der Waals surface area (Å²) in [5.74, 6) is 2.49. The van der Waals surface area contributed by atoms with Gasteiger partial charge in [0.25, 0.3) is 5.91 Å². The van der Waals surface area contributed by atoms with E-state index in [0.29, 0.717) is 30.0 Å². The van der Waals surface area contributed by atoms with Gasteiger partial charge in [0.05, 0.1) is 14.2 Å². The largest absolute Gasteiger partial charge is 0.497 e. The van der Waals surface area contributed by atoms with Crippen LogP contribution in [-0.2, 0) is 6.42 Å². The molecule has 0 atom stereocenters. The van der Waals surface area contributed by atoms with Gasteiger partial charge in [-0.3, -0.25) is 4.79 Å². The molecule has 1 N–H and O–H groups in total. The van der Waals surface area contributed by atoms with Crippen LogP contribution in [0.2, 0.25) is 0 Å². The maximum Gasteiger partial charge on any atom is 0.251 e. The molecule has 24 heavy (non-hydrogen) atoms. The summed E-state index contributed by atoms with van der Waals surface area (Å²) in [6.07, 6.45) is 0.698. The number of fused-ring (bicyclic) bond motifs is 1. The third kappa shape index (κ3) is 3.53. The molecule has 0 unspecified atom stereocenters. The van der Waals surface area contributed by atoms with Gasteiger partial charge >= 0.3 is 0 Å². The molecular formula is C18H19NO5. The van der Waals surface area contributed by atoms with Gasteiger partial charge in [0.15, 0.2) is 11.5 Å². The highest BCUT2D eigenvalue weighted by Gasteiger charge is 2.13. The van der Waals surface area contributed by atoms with Gasteiger partial charge < -0.3 is 24.3 Å². The molecule has 1 amide bonds. The normalized spacial score (nSPS) is 11.9. The minimum atomic E-state index is -0.173. The second-order valence-electron chi connectivity index (χ2n) is 5.29. The first-order valence-corrected chi connectivity index (χ1v) is 7.59. The van der Waals surface area contributed by atoms with E-state index >= 15 is 0 Å². The Morgan fingerprint density at radius 2 is 1.75 bits per heavy atom. The Morgan fingerprint density at radius 3 is 2.46 bits per heavy atom. The lowest BCUT2D eigenvalue weighted by Crippen LogP contribution is -2.25. The Labute approximate surface area is 140 Å². The van der Waals surface area contributed by atoms with Crippen molar-refractivity contribution in [2.75, 3.05) is 27.6 Å². The van der Waals surface area contributed by atoms with E-state index in [2.05, 4.69) is 5.32 Å². The molecule has 6 heteroatoms. The van der Waals surface area contributed by atoms with Crippen molar-refractivity contribution in [1.82, 2.24) is 5.32 Å². The molecule has 6 nitrogen and oxygen atoms in total. The van der Waals surface area contributed by atoms with Crippen LogP contribution in [0.25, 0.3) is 0 Å². The van der Waals surface area contributed by atoms with Gasteiger partial charge in [-0.05, 0) is 36.2 Å². The molecule has 126 valence electrons. The number of ether oxygens (including phenoxy) is 4. The summed E-state index contributed by atoms with van der Waals surface area (Å²) in [7, 11) is 3.10. The third-order valence-corrected chi connectivity index (χ3v) is 3.75. The fourth-order valence-corrected chi connectivity index (χ4v) is 2.46. The number of carbonyl (C=O) groups is 1. The van der Waals surface area contributed by atoms with Crippen LogP contribution in [0.15, 0.2) is 36.4 Å². The Kier molecular flexibility index (Phi) is 4.74. The van der Waals surface area contributed by atoms with Crippen LogP contribution in [0.5, 0.6) is 23.0 Å². The van der Waals surface area contributed by atoms with E-state index in [1.165, 1.54) is 0 Å². The van der Waals surface area contributed by atoms with Gasteiger partial charge in [-0.15, -0.1) is 0 Å². The van der Waals surface area contributed by atoms with Crippen LogP contribution in [0.4, 0.5) is 0 Å². The van der Waals surface area contributed by atoms with Crippen molar-refractivity contribution in [2.45, 2.75) is 6.42 Å². The summed E-state index contributed by atoms with van der Waals surface area (Å²) < 4.78 is 21.0. The lowest BCUT2D eigenvalue weighted by molar-refractivity contribution is 0.0953. The molecular weight excluding hydrogens is 310 g/mol. The van der Waals surface area contributed by atoms with E-state index in [1.54, 1.807) is 32.4 Å². The maximum absolute atomic E-state index is 12.3. The summed E-state index contributed by atoms with van der Waals surface area (Å²) in [6, 6.07) is 10.9. The predicted octanol–water partition coefficient (Wildman–Crippen LogP) is 2.41. The molecule has 1 aliphatic heterocycles. The third-order valence-electron chi connectivity index (χ3n) is 3.75. The molecule has 0 fully saturated rings. The number of nitrogens with one attached hydrogen (secondary N) is 1. The Bertz CT molecular complexity index is 722. The molecule has 1 heterocycles. The van der Waals surface area contributed by atoms with Crippen molar-refractivity contribution in [3.63, 3.8) is 0 Å². The molecule has 3 rings (SSSR count). The number of carbonyl (C=O) groups excluding carboxylic acids is 1. The minimum absolute atomic E-state index is 0.173. The molecule has 0 spiro atoms. The van der Waals surface area contributed by atoms with Crippen molar-refractivity contribution in [1.29, 1.82) is 0 Å². The summed E-state index contributed by atoms with van der Waals surface area (Å²) >= 11 is 0. The number of hydrogen-bond donors (Lipinski definition) is 1. The summed E-state index contributed by atoms with van der Waals surface area (Å²) in [4.78, 5) is 12.3. The molecule has 0 aromatic heterocycles. The monoisotopic (exact) mass is 329 g/mol. The number of amides is 1. The van der Waals surface area contributed by atoms with Gasteiger partial charge in [0.1, 0.15) is 11.5 Å². The molecule has 0 aliphatic carbocycles. The van der Waals surface area contributed by atoms with Gasteiger partial charge in [0.2, 0.25) is 6.79 Å². The zero-order valence-corrected chi connectivity index (χ0v) is 13.6. The second kappa shape index (κ2) is 7.12. The van der Waals surface area contributed by atoms with E-state index in [9.17, 15) is 4.79 Å². The summed E-state index contributed by atoms with van der Waals surface area (Å²) in [5, 5.41) is 2.90. The van der Waals surface area contributed by atoms with E-state index in [4.69, 9.17) is 18.9 Å². The number of hydrogen-bond acceptors (Lipinski definition) is 5. The number of benzene rings is 2. The van der Waals surface area contributed by atoms with Crippen LogP contribution in [0, 0.1) is 0 Å². The summed E-state index contributed by atoms with van der Waals surface area (Å²) in [6.45, 7) is 0.769. The Morgan fingerprint density at radius 1 is 1.04 bits per heavy atom. The van der Waals surface area contributed by atoms with Crippen molar-refractivity contribution < 1.29 is 23.7 Å². The zero-order chi connectivity index (χ0) is 16.9. The highest BCUT2D eigenvalue weighted by atomic mass is 16.7. The van der Waals surface area contributed by atoms with E-state index in [-0.39, 0.29) is 12.7 Å². The van der Waals surface area contributed by atoms with Crippen molar-refractivity contribution in [2.24, 2.45) is 0 Å². The van der Waals surface area contributed by atoms with Crippen molar-refractivity contribution in [3.05, 3.63) is 47.5 Å². The molecule has 2 aromatic carbocycles. The van der Waals surface area contributed by atoms with Gasteiger partial charge in [-0.1, -0.05) is 6.07 Å². The fraction of sp³-hybridized carbons (Fsp3) is 0.278. The molecule has 1 aliphatic rings. The first kappa shape index (κ1) is 16.0. The first-order valence-electron chi connectivity index (χ1n) is 7.59. The molecule has 2 aromatic rings. The van der Waals surface area contributed by atoms with Gasteiger partial charge in [0, 0.05) is 18.2 Å². The van der Waals surface area contributed by atoms with E-state index < -0.39 is 0 Å². The molecule has 0 saturated heterocycles. The highest BCUT2D eigenvalue weighted by molar-refractivity contribution is 5.95. The van der Waals surface area contributed by atoms with Crippen LogP contribution < -0.4 is 24.3 Å². The van der Waals surface area contributed by atoms with Crippen LogP contribution in [-0.4, -0.2) is 33.5 Å². The first-order chi connectivity index (χ1) is 11.7. The standard InChI is InChI=1S/C18H19NO5/c1-21-14-8-13(9-15(10-14)22-2)18(20)19-6-5-12-3-4-16-17(7-12)24-11-23-16/h3-4,7-10H,5-6,11H2,1-2H3,(H,19,20). The quantitative estimate of drug-likeness (QED) is 0.881. The predicted molar refractivity (Wildman–Crippen MR) is 88.1 cm³/mol. The molecule has 0 radical (unpaired) electrons. The van der Waals surface area contributed by atoms with E-state index in [1.807, 2.05) is 18.2 Å². The SMILES string of the molecule is COc1cc(OC)cc(C(=O)NCCc2ccc3c(c2)OCO3)c1. The zero-order valence-electron chi connectivity index (χ0n) is 13.6. The van der Waals surface area contributed by atoms with E-state index in [0.717, 1.165) is 17.1 Å². The molecule has 0 saturated carbocycles. The van der Waals surface area contributed by atoms with Gasteiger partial charge in [-0.25, -0.2) is 0 Å². The lowest BCUT2D eigenvalue weighted by Gasteiger charge is -2.09. The van der Waals surface area contributed by atoms with Crippen molar-refractivity contribution in [3.8, 4) is 23.0 Å². The van der Waals surface area contributed by atoms with Gasteiger partial charge in [-0.2, -0.15) is 0 Å². The topological polar surface area (TPSA) is 66.0 Å². The minimum Gasteiger partial charge on any atom is -0.497 e. The smallest absolute Gasteiger partial charge is 0.251 e. The average Bonchev–Trinajstić information content (AvgIpc) is 3.08. The van der Waals surface area contributed by atoms with Crippen LogP contribution in [0.3, 0.4) is 0 Å². The fourth-order valence-electron chi connectivity index (χ4n) is 2.46. The van der Waals surface area contributed by atoms with Crippen LogP contribution in [0.1, 0.15) is 15.9 Å². The number of rotatable bonds is 6. The number of methoxy groups -OCH3 is 2. The maximum atomic E-state index is 12.3. The van der Waals surface area contributed by atoms with Crippen LogP contribution >= 0.6 is 0 Å². The highest BCUT2D eigenvalue weighted by Crippen LogP contribution is 2.32. The lowest BCUT2D eigenvalue weighted by atomic mass is 10.1. The summed E-state index contributed by atoms with van der Waals surface area (Å²) in [5.41, 5.74) is 1.57. The average molecular weight is 329 g/mol. The Hall–Kier alpha value is -2.89. The second-order valence-corrected chi connectivity index (χ2v) is 5.29. The van der Waals surface area contributed by atoms with Crippen molar-refractivity contribution >= 4 is 5.91 Å².